The number of fused-ring (bicyclic) bond motifs is 2. The van der Waals surface area contributed by atoms with Crippen LogP contribution < -0.4 is 5.32 Å². The van der Waals surface area contributed by atoms with Gasteiger partial charge in [0.25, 0.3) is 0 Å². The van der Waals surface area contributed by atoms with E-state index in [9.17, 15) is 0 Å². The van der Waals surface area contributed by atoms with Crippen molar-refractivity contribution in [3.63, 3.8) is 0 Å². The van der Waals surface area contributed by atoms with Gasteiger partial charge in [-0.05, 0) is 39.2 Å². The van der Waals surface area contributed by atoms with Crippen molar-refractivity contribution in [1.82, 2.24) is 20.4 Å². The van der Waals surface area contributed by atoms with Gasteiger partial charge in [-0.25, -0.2) is 0 Å². The third kappa shape index (κ3) is 2.42. The van der Waals surface area contributed by atoms with E-state index >= 15 is 0 Å². The average molecular weight is 250 g/mol. The molecule has 2 atom stereocenters. The van der Waals surface area contributed by atoms with Gasteiger partial charge in [0.2, 0.25) is 5.89 Å². The molecule has 2 aliphatic rings. The van der Waals surface area contributed by atoms with E-state index in [1.54, 1.807) is 0 Å². The van der Waals surface area contributed by atoms with Gasteiger partial charge in [-0.2, -0.15) is 4.98 Å². The third-order valence-electron chi connectivity index (χ3n) is 4.28. The number of hydrogen-bond acceptors (Lipinski definition) is 5. The van der Waals surface area contributed by atoms with E-state index in [0.29, 0.717) is 6.04 Å². The summed E-state index contributed by atoms with van der Waals surface area (Å²) in [7, 11) is 0. The van der Waals surface area contributed by atoms with Crippen LogP contribution in [0.3, 0.4) is 0 Å². The Morgan fingerprint density at radius 1 is 1.33 bits per heavy atom. The number of nitrogens with one attached hydrogen (secondary N) is 1. The SMILES string of the molecule is CCN(Cc1nc(C)no1)C1CC2CCC(C1)N2. The average Bonchev–Trinajstić information content (AvgIpc) is 2.92. The molecular weight excluding hydrogens is 228 g/mol. The summed E-state index contributed by atoms with van der Waals surface area (Å²) in [6.07, 6.45) is 5.21. The van der Waals surface area contributed by atoms with E-state index in [-0.39, 0.29) is 0 Å². The highest BCUT2D eigenvalue weighted by atomic mass is 16.5. The maximum absolute atomic E-state index is 5.24. The summed E-state index contributed by atoms with van der Waals surface area (Å²) in [6.45, 7) is 5.92. The smallest absolute Gasteiger partial charge is 0.240 e. The van der Waals surface area contributed by atoms with E-state index in [1.807, 2.05) is 6.92 Å². The molecule has 0 aliphatic carbocycles. The summed E-state index contributed by atoms with van der Waals surface area (Å²) in [5, 5.41) is 7.56. The Labute approximate surface area is 108 Å². The van der Waals surface area contributed by atoms with E-state index < -0.39 is 0 Å². The summed E-state index contributed by atoms with van der Waals surface area (Å²) in [5.41, 5.74) is 0. The fraction of sp³-hybridized carbons (Fsp3) is 0.846. The van der Waals surface area contributed by atoms with E-state index in [2.05, 4.69) is 27.3 Å². The molecule has 0 radical (unpaired) electrons. The lowest BCUT2D eigenvalue weighted by Crippen LogP contribution is -2.47. The van der Waals surface area contributed by atoms with Gasteiger partial charge in [-0.1, -0.05) is 12.1 Å². The molecule has 100 valence electrons. The predicted octanol–water partition coefficient (Wildman–Crippen LogP) is 1.48. The summed E-state index contributed by atoms with van der Waals surface area (Å²) >= 11 is 0. The second-order valence-electron chi connectivity index (χ2n) is 5.56. The number of nitrogens with zero attached hydrogens (tertiary/aromatic N) is 3. The van der Waals surface area contributed by atoms with E-state index in [1.165, 1.54) is 25.7 Å². The van der Waals surface area contributed by atoms with E-state index in [4.69, 9.17) is 4.52 Å². The molecule has 1 N–H and O–H groups in total. The Morgan fingerprint density at radius 2 is 2.06 bits per heavy atom. The standard InChI is InChI=1S/C13H22N4O/c1-3-17(8-13-14-9(2)16-18-13)12-6-10-4-5-11(7-12)15-10/h10-12,15H,3-8H2,1-2H3. The Balaban J connectivity index is 1.65. The molecule has 2 fully saturated rings. The van der Waals surface area contributed by atoms with Crippen LogP contribution in [0.2, 0.25) is 0 Å². The Kier molecular flexibility index (Phi) is 3.35. The Bertz CT molecular complexity index is 393. The highest BCUT2D eigenvalue weighted by Crippen LogP contribution is 2.30. The molecule has 1 aromatic heterocycles. The second kappa shape index (κ2) is 4.97. The minimum absolute atomic E-state index is 0.668. The molecule has 18 heavy (non-hydrogen) atoms. The van der Waals surface area contributed by atoms with Crippen LogP contribution in [-0.2, 0) is 6.54 Å². The molecule has 2 unspecified atom stereocenters. The maximum atomic E-state index is 5.24. The minimum atomic E-state index is 0.668. The molecule has 0 spiro atoms. The van der Waals surface area contributed by atoms with Crippen molar-refractivity contribution in [3.8, 4) is 0 Å². The van der Waals surface area contributed by atoms with Crippen LogP contribution in [0, 0.1) is 6.92 Å². The number of rotatable bonds is 4. The number of hydrogen-bond donors (Lipinski definition) is 1. The third-order valence-corrected chi connectivity index (χ3v) is 4.28. The molecule has 5 heteroatoms. The van der Waals surface area contributed by atoms with Crippen LogP contribution in [-0.4, -0.2) is 39.7 Å². The van der Waals surface area contributed by atoms with Crippen molar-refractivity contribution in [2.75, 3.05) is 6.54 Å². The first-order chi connectivity index (χ1) is 8.74. The highest BCUT2D eigenvalue weighted by Gasteiger charge is 2.35. The first kappa shape index (κ1) is 12.1. The van der Waals surface area contributed by atoms with Crippen LogP contribution in [0.25, 0.3) is 0 Å². The molecule has 0 amide bonds. The van der Waals surface area contributed by atoms with Crippen LogP contribution in [0.5, 0.6) is 0 Å². The van der Waals surface area contributed by atoms with Gasteiger partial charge in [-0.15, -0.1) is 0 Å². The zero-order valence-corrected chi connectivity index (χ0v) is 11.2. The maximum Gasteiger partial charge on any atom is 0.240 e. The zero-order valence-electron chi connectivity index (χ0n) is 11.2. The fourth-order valence-electron chi connectivity index (χ4n) is 3.40. The molecule has 2 aliphatic heterocycles. The number of piperidine rings is 1. The lowest BCUT2D eigenvalue weighted by Gasteiger charge is -2.36. The van der Waals surface area contributed by atoms with Gasteiger partial charge in [0.1, 0.15) is 0 Å². The lowest BCUT2D eigenvalue weighted by molar-refractivity contribution is 0.126. The largest absolute Gasteiger partial charge is 0.338 e. The van der Waals surface area contributed by atoms with Gasteiger partial charge in [0, 0.05) is 18.1 Å². The fourth-order valence-corrected chi connectivity index (χ4v) is 3.40. The lowest BCUT2D eigenvalue weighted by atomic mass is 9.98. The van der Waals surface area contributed by atoms with Gasteiger partial charge >= 0.3 is 0 Å². The molecule has 2 saturated heterocycles. The van der Waals surface area contributed by atoms with Crippen molar-refractivity contribution in [3.05, 3.63) is 11.7 Å². The molecule has 2 bridgehead atoms. The van der Waals surface area contributed by atoms with Crippen molar-refractivity contribution in [2.45, 2.75) is 64.2 Å². The second-order valence-corrected chi connectivity index (χ2v) is 5.56. The molecule has 3 rings (SSSR count). The summed E-state index contributed by atoms with van der Waals surface area (Å²) in [5.74, 6) is 1.48. The van der Waals surface area contributed by atoms with Crippen LogP contribution in [0.15, 0.2) is 4.52 Å². The predicted molar refractivity (Wildman–Crippen MR) is 68.1 cm³/mol. The molecular formula is C13H22N4O. The summed E-state index contributed by atoms with van der Waals surface area (Å²) in [4.78, 5) is 6.80. The minimum Gasteiger partial charge on any atom is -0.338 e. The first-order valence-corrected chi connectivity index (χ1v) is 7.04. The molecule has 5 nitrogen and oxygen atoms in total. The van der Waals surface area contributed by atoms with E-state index in [0.717, 1.165) is 36.9 Å². The van der Waals surface area contributed by atoms with Gasteiger partial charge in [-0.3, -0.25) is 4.90 Å². The topological polar surface area (TPSA) is 54.2 Å². The van der Waals surface area contributed by atoms with Crippen molar-refractivity contribution < 1.29 is 4.52 Å². The Morgan fingerprint density at radius 3 is 2.61 bits per heavy atom. The summed E-state index contributed by atoms with van der Waals surface area (Å²) in [6, 6.07) is 2.13. The molecule has 0 aromatic carbocycles. The molecule has 1 aromatic rings. The highest BCUT2D eigenvalue weighted by molar-refractivity contribution is 4.96. The van der Waals surface area contributed by atoms with Crippen LogP contribution in [0.1, 0.15) is 44.3 Å². The normalized spacial score (nSPS) is 31.2. The van der Waals surface area contributed by atoms with Gasteiger partial charge in [0.05, 0.1) is 6.54 Å². The number of aryl methyl sites for hydroxylation is 1. The Hall–Kier alpha value is -0.940. The van der Waals surface area contributed by atoms with Crippen molar-refractivity contribution in [2.24, 2.45) is 0 Å². The molecule has 0 saturated carbocycles. The zero-order chi connectivity index (χ0) is 12.5. The van der Waals surface area contributed by atoms with Crippen LogP contribution >= 0.6 is 0 Å². The summed E-state index contributed by atoms with van der Waals surface area (Å²) < 4.78 is 5.24. The monoisotopic (exact) mass is 250 g/mol. The van der Waals surface area contributed by atoms with Crippen molar-refractivity contribution >= 4 is 0 Å². The van der Waals surface area contributed by atoms with Gasteiger partial charge in [0.15, 0.2) is 5.82 Å². The molecule has 3 heterocycles. The van der Waals surface area contributed by atoms with Gasteiger partial charge < -0.3 is 9.84 Å². The quantitative estimate of drug-likeness (QED) is 0.877. The first-order valence-electron chi connectivity index (χ1n) is 7.04. The van der Waals surface area contributed by atoms with Crippen LogP contribution in [0.4, 0.5) is 0 Å². The van der Waals surface area contributed by atoms with Crippen molar-refractivity contribution in [1.29, 1.82) is 0 Å². The number of aromatic nitrogens is 2.